The Morgan fingerprint density at radius 3 is 2.52 bits per heavy atom. The minimum absolute atomic E-state index is 0.0254. The molecule has 0 fully saturated rings. The van der Waals surface area contributed by atoms with Gasteiger partial charge in [0.25, 0.3) is 0 Å². The second kappa shape index (κ2) is 7.29. The normalized spacial score (nSPS) is 12.3. The predicted molar refractivity (Wildman–Crippen MR) is 123 cm³/mol. The molecule has 3 aromatic heterocycles. The molecule has 0 radical (unpaired) electrons. The molecule has 31 heavy (non-hydrogen) atoms. The molecule has 0 bridgehead atoms. The molecule has 154 valence electrons. The molecule has 0 amide bonds. The molecular weight excluding hydrogens is 430 g/mol. The molecule has 9 heteroatoms. The summed E-state index contributed by atoms with van der Waals surface area (Å²) in [4.78, 5) is 9.14. The lowest BCUT2D eigenvalue weighted by atomic mass is 10.2. The molecule has 0 aliphatic rings. The van der Waals surface area contributed by atoms with Crippen LogP contribution in [0, 0.1) is 6.92 Å². The summed E-state index contributed by atoms with van der Waals surface area (Å²) in [6.45, 7) is 1.99. The van der Waals surface area contributed by atoms with Crippen LogP contribution < -0.4 is 5.73 Å². The third kappa shape index (κ3) is 3.28. The van der Waals surface area contributed by atoms with Gasteiger partial charge >= 0.3 is 0 Å². The van der Waals surface area contributed by atoms with Crippen LogP contribution in [0.1, 0.15) is 11.1 Å². The number of sulfone groups is 1. The average Bonchev–Trinajstić information content (AvgIpc) is 3.38. The maximum atomic E-state index is 13.4. The lowest BCUT2D eigenvalue weighted by molar-refractivity contribution is 0.599. The molecule has 0 saturated carbocycles. The highest BCUT2D eigenvalue weighted by Gasteiger charge is 2.31. The van der Waals surface area contributed by atoms with Crippen molar-refractivity contribution in [2.75, 3.05) is 5.73 Å². The molecule has 0 atom stereocenters. The van der Waals surface area contributed by atoms with E-state index in [-0.39, 0.29) is 26.1 Å². The molecule has 5 aromatic rings. The number of hydrogen-bond acceptors (Lipinski definition) is 7. The van der Waals surface area contributed by atoms with Gasteiger partial charge in [0.05, 0.1) is 17.2 Å². The Bertz CT molecular complexity index is 1570. The van der Waals surface area contributed by atoms with Crippen molar-refractivity contribution < 1.29 is 8.42 Å². The highest BCUT2D eigenvalue weighted by atomic mass is 32.2. The number of hydrogen-bond donors (Lipinski definition) is 1. The summed E-state index contributed by atoms with van der Waals surface area (Å²) in [6, 6.07) is 18.3. The maximum absolute atomic E-state index is 13.4. The van der Waals surface area contributed by atoms with Crippen molar-refractivity contribution >= 4 is 55.4 Å². The summed E-state index contributed by atoms with van der Waals surface area (Å²) >= 11 is 1.13. The number of nitrogen functional groups attached to an aromatic ring is 1. The van der Waals surface area contributed by atoms with Gasteiger partial charge in [-0.3, -0.25) is 0 Å². The molecule has 0 unspecified atom stereocenters. The summed E-state index contributed by atoms with van der Waals surface area (Å²) in [5.74, 6) is -0.0254. The van der Waals surface area contributed by atoms with Gasteiger partial charge in [-0.05, 0) is 36.1 Å². The monoisotopic (exact) mass is 447 g/mol. The number of benzene rings is 2. The zero-order valence-corrected chi connectivity index (χ0v) is 18.1. The van der Waals surface area contributed by atoms with Crippen LogP contribution in [0.5, 0.6) is 0 Å². The lowest BCUT2D eigenvalue weighted by Crippen LogP contribution is -2.05. The van der Waals surface area contributed by atoms with E-state index in [1.165, 1.54) is 4.68 Å². The van der Waals surface area contributed by atoms with Crippen molar-refractivity contribution in [3.05, 3.63) is 77.2 Å². The highest BCUT2D eigenvalue weighted by Crippen LogP contribution is 2.36. The van der Waals surface area contributed by atoms with Gasteiger partial charge in [0.15, 0.2) is 5.65 Å². The Balaban J connectivity index is 1.81. The minimum atomic E-state index is -3.89. The van der Waals surface area contributed by atoms with Crippen LogP contribution in [0.4, 0.5) is 5.82 Å². The van der Waals surface area contributed by atoms with E-state index >= 15 is 0 Å². The van der Waals surface area contributed by atoms with Crippen LogP contribution in [-0.4, -0.2) is 29.3 Å². The molecule has 0 aliphatic heterocycles. The first kappa shape index (κ1) is 19.4. The first-order valence-corrected chi connectivity index (χ1v) is 11.8. The quantitative estimate of drug-likeness (QED) is 0.415. The fourth-order valence-corrected chi connectivity index (χ4v) is 5.98. The molecule has 0 saturated heterocycles. The third-order valence-corrected chi connectivity index (χ3v) is 8.04. The first-order valence-electron chi connectivity index (χ1n) is 9.41. The Morgan fingerprint density at radius 1 is 1.03 bits per heavy atom. The second-order valence-electron chi connectivity index (χ2n) is 7.00. The zero-order chi connectivity index (χ0) is 21.6. The third-order valence-electron chi connectivity index (χ3n) is 4.82. The number of aryl methyl sites for hydroxylation is 1. The predicted octanol–water partition coefficient (Wildman–Crippen LogP) is 4.25. The summed E-state index contributed by atoms with van der Waals surface area (Å²) in [5, 5.41) is 6.18. The molecule has 0 aliphatic carbocycles. The molecule has 7 nitrogen and oxygen atoms in total. The number of fused-ring (bicyclic) bond motifs is 2. The number of nitrogens with zero attached hydrogens (tertiary/aromatic N) is 4. The van der Waals surface area contributed by atoms with Crippen LogP contribution in [0.25, 0.3) is 22.2 Å². The van der Waals surface area contributed by atoms with E-state index in [2.05, 4.69) is 15.1 Å². The fraction of sp³-hybridized carbons (Fsp3) is 0.0455. The summed E-state index contributed by atoms with van der Waals surface area (Å²) in [6.07, 6.45) is 1.63. The van der Waals surface area contributed by atoms with Crippen molar-refractivity contribution in [1.29, 1.82) is 0 Å². The summed E-state index contributed by atoms with van der Waals surface area (Å²) in [5.41, 5.74) is 10.00. The van der Waals surface area contributed by atoms with Crippen molar-refractivity contribution in [2.45, 2.75) is 16.0 Å². The van der Waals surface area contributed by atoms with E-state index in [1.807, 2.05) is 49.4 Å². The Labute approximate surface area is 182 Å². The van der Waals surface area contributed by atoms with Crippen LogP contribution in [0.15, 0.2) is 80.2 Å². The number of thiophene rings is 1. The van der Waals surface area contributed by atoms with E-state index in [1.54, 1.807) is 29.8 Å². The van der Waals surface area contributed by atoms with E-state index < -0.39 is 9.84 Å². The van der Waals surface area contributed by atoms with Gasteiger partial charge in [-0.15, -0.1) is 11.3 Å². The molecule has 2 aromatic carbocycles. The van der Waals surface area contributed by atoms with Gasteiger partial charge in [-0.2, -0.15) is 9.78 Å². The average molecular weight is 448 g/mol. The van der Waals surface area contributed by atoms with Gasteiger partial charge in [-0.25, -0.2) is 18.4 Å². The Hall–Kier alpha value is -3.56. The second-order valence-corrected chi connectivity index (χ2v) is 10.1. The van der Waals surface area contributed by atoms with Crippen LogP contribution >= 0.6 is 11.3 Å². The maximum Gasteiger partial charge on any atom is 0.221 e. The summed E-state index contributed by atoms with van der Waals surface area (Å²) < 4.78 is 28.3. The van der Waals surface area contributed by atoms with Gasteiger partial charge in [0.2, 0.25) is 9.84 Å². The number of para-hydroxylation sites is 2. The van der Waals surface area contributed by atoms with Crippen molar-refractivity contribution in [1.82, 2.24) is 14.6 Å². The smallest absolute Gasteiger partial charge is 0.221 e. The van der Waals surface area contributed by atoms with E-state index in [4.69, 9.17) is 5.73 Å². The van der Waals surface area contributed by atoms with Crippen molar-refractivity contribution in [3.8, 4) is 0 Å². The number of nitrogens with two attached hydrogens (primary N) is 1. The minimum Gasteiger partial charge on any atom is -0.382 e. The van der Waals surface area contributed by atoms with Crippen molar-refractivity contribution in [2.24, 2.45) is 5.10 Å². The molecule has 3 heterocycles. The van der Waals surface area contributed by atoms with Gasteiger partial charge in [0.1, 0.15) is 20.4 Å². The largest absolute Gasteiger partial charge is 0.382 e. The number of anilines is 1. The van der Waals surface area contributed by atoms with Crippen LogP contribution in [0.2, 0.25) is 0 Å². The van der Waals surface area contributed by atoms with Crippen LogP contribution in [0.3, 0.4) is 0 Å². The topological polar surface area (TPSA) is 103 Å². The summed E-state index contributed by atoms with van der Waals surface area (Å²) in [7, 11) is -3.89. The standard InChI is InChI=1S/C22H17N5O2S2/c1-14-6-4-7-15(12-14)13-24-27-21(23)20(31(28,29)18-10-5-11-30-18)19-22(27)26-17-9-3-2-8-16(17)25-19/h2-13H,23H2,1H3. The van der Waals surface area contributed by atoms with E-state index in [9.17, 15) is 8.42 Å². The highest BCUT2D eigenvalue weighted by molar-refractivity contribution is 7.93. The van der Waals surface area contributed by atoms with Crippen molar-refractivity contribution in [3.63, 3.8) is 0 Å². The Kier molecular flexibility index (Phi) is 4.57. The lowest BCUT2D eigenvalue weighted by Gasteiger charge is -2.02. The first-order chi connectivity index (χ1) is 14.9. The Morgan fingerprint density at radius 2 is 1.81 bits per heavy atom. The van der Waals surface area contributed by atoms with E-state index in [0.717, 1.165) is 22.5 Å². The van der Waals surface area contributed by atoms with E-state index in [0.29, 0.717) is 11.0 Å². The number of aromatic nitrogens is 3. The SMILES string of the molecule is Cc1cccc(C=Nn2c(N)c(S(=O)(=O)c3cccs3)c3nc4ccccc4nc32)c1. The zero-order valence-electron chi connectivity index (χ0n) is 16.4. The van der Waals surface area contributed by atoms with Crippen LogP contribution in [-0.2, 0) is 9.84 Å². The molecule has 2 N–H and O–H groups in total. The van der Waals surface area contributed by atoms with Gasteiger partial charge in [0, 0.05) is 0 Å². The fourth-order valence-electron chi connectivity index (χ4n) is 3.40. The number of rotatable bonds is 4. The molecule has 5 rings (SSSR count). The molecular formula is C22H17N5O2S2. The van der Waals surface area contributed by atoms with Gasteiger partial charge < -0.3 is 5.73 Å². The van der Waals surface area contributed by atoms with Gasteiger partial charge in [-0.1, -0.05) is 48.0 Å². The molecule has 0 spiro atoms.